The number of fused-ring (bicyclic) bond motifs is 3. The number of hydrogen-bond donors (Lipinski definition) is 2. The highest BCUT2D eigenvalue weighted by Gasteiger charge is 2.23. The Morgan fingerprint density at radius 3 is 2.75 bits per heavy atom. The van der Waals surface area contributed by atoms with Crippen LogP contribution >= 0.6 is 11.3 Å². The Morgan fingerprint density at radius 1 is 1.21 bits per heavy atom. The second kappa shape index (κ2) is 8.71. The van der Waals surface area contributed by atoms with Crippen LogP contribution in [0.2, 0.25) is 0 Å². The van der Waals surface area contributed by atoms with Gasteiger partial charge in [0.25, 0.3) is 5.91 Å². The number of carbonyl (C=O) groups excluding carboxylic acids is 3. The van der Waals surface area contributed by atoms with Crippen molar-refractivity contribution in [2.24, 2.45) is 0 Å². The molecular weight excluding hydrogens is 380 g/mol. The van der Waals surface area contributed by atoms with Gasteiger partial charge in [-0.05, 0) is 53.8 Å². The van der Waals surface area contributed by atoms with Gasteiger partial charge in [-0.1, -0.05) is 6.08 Å². The van der Waals surface area contributed by atoms with E-state index in [0.717, 1.165) is 34.6 Å². The molecule has 0 saturated carbocycles. The maximum atomic E-state index is 12.3. The molecule has 3 amide bonds. The van der Waals surface area contributed by atoms with Crippen molar-refractivity contribution in [3.63, 3.8) is 0 Å². The highest BCUT2D eigenvalue weighted by atomic mass is 32.1. The van der Waals surface area contributed by atoms with Crippen LogP contribution in [0.5, 0.6) is 5.75 Å². The molecular formula is C20H20N2O5S. The lowest BCUT2D eigenvalue weighted by molar-refractivity contribution is -0.123. The third-order valence-corrected chi connectivity index (χ3v) is 5.42. The number of imide groups is 1. The van der Waals surface area contributed by atoms with E-state index in [-0.39, 0.29) is 6.54 Å². The molecule has 0 spiro atoms. The molecule has 28 heavy (non-hydrogen) atoms. The van der Waals surface area contributed by atoms with Crippen LogP contribution in [0.25, 0.3) is 10.4 Å². The molecule has 0 bridgehead atoms. The Hall–Kier alpha value is -3.13. The number of aryl methyl sites for hydroxylation is 2. The van der Waals surface area contributed by atoms with Gasteiger partial charge in [0.2, 0.25) is 0 Å². The summed E-state index contributed by atoms with van der Waals surface area (Å²) in [5, 5.41) is 4.47. The van der Waals surface area contributed by atoms with Crippen LogP contribution in [0.1, 0.15) is 20.8 Å². The van der Waals surface area contributed by atoms with Gasteiger partial charge in [0.1, 0.15) is 10.6 Å². The molecule has 1 aromatic heterocycles. The van der Waals surface area contributed by atoms with Crippen molar-refractivity contribution in [3.8, 4) is 16.2 Å². The van der Waals surface area contributed by atoms with Gasteiger partial charge in [0, 0.05) is 11.4 Å². The minimum atomic E-state index is -0.700. The van der Waals surface area contributed by atoms with E-state index in [0.29, 0.717) is 4.88 Å². The number of thiophene rings is 1. The zero-order valence-electron chi connectivity index (χ0n) is 15.4. The number of amides is 3. The van der Waals surface area contributed by atoms with Gasteiger partial charge in [0.15, 0.2) is 6.61 Å². The SMILES string of the molecule is C=CCNC(=O)NC(=O)COC(=O)c1cc2c(s1)-c1ccc(OC)cc1CC2. The normalized spacial score (nSPS) is 11.6. The molecule has 3 rings (SSSR count). The third kappa shape index (κ3) is 4.40. The van der Waals surface area contributed by atoms with E-state index in [4.69, 9.17) is 9.47 Å². The number of ether oxygens (including phenoxy) is 2. The molecule has 0 unspecified atom stereocenters. The van der Waals surface area contributed by atoms with Crippen LogP contribution in [0.4, 0.5) is 4.79 Å². The van der Waals surface area contributed by atoms with Crippen LogP contribution in [-0.4, -0.2) is 38.2 Å². The molecule has 2 N–H and O–H groups in total. The highest BCUT2D eigenvalue weighted by molar-refractivity contribution is 7.17. The number of rotatable bonds is 6. The third-order valence-electron chi connectivity index (χ3n) is 4.23. The minimum absolute atomic E-state index is 0.229. The lowest BCUT2D eigenvalue weighted by Gasteiger charge is -2.16. The maximum Gasteiger partial charge on any atom is 0.348 e. The van der Waals surface area contributed by atoms with Crippen LogP contribution in [0, 0.1) is 0 Å². The average molecular weight is 400 g/mol. The smallest absolute Gasteiger partial charge is 0.348 e. The van der Waals surface area contributed by atoms with Crippen molar-refractivity contribution in [1.29, 1.82) is 0 Å². The number of carbonyl (C=O) groups is 3. The molecule has 7 nitrogen and oxygen atoms in total. The molecule has 0 aliphatic heterocycles. The van der Waals surface area contributed by atoms with Gasteiger partial charge < -0.3 is 14.8 Å². The standard InChI is InChI=1S/C20H20N2O5S/c1-3-8-21-20(25)22-17(23)11-27-19(24)16-10-13-5-4-12-9-14(26-2)6-7-15(12)18(13)28-16/h3,6-7,9-10H,1,4-5,8,11H2,2H3,(H2,21,22,23,25). The van der Waals surface area contributed by atoms with Gasteiger partial charge >= 0.3 is 12.0 Å². The first-order valence-corrected chi connectivity index (χ1v) is 9.49. The van der Waals surface area contributed by atoms with Crippen molar-refractivity contribution in [1.82, 2.24) is 10.6 Å². The maximum absolute atomic E-state index is 12.3. The predicted molar refractivity (Wildman–Crippen MR) is 106 cm³/mol. The van der Waals surface area contributed by atoms with E-state index in [1.54, 1.807) is 7.11 Å². The molecule has 1 aromatic carbocycles. The lowest BCUT2D eigenvalue weighted by atomic mass is 9.91. The average Bonchev–Trinajstić information content (AvgIpc) is 3.14. The van der Waals surface area contributed by atoms with Crippen LogP contribution in [0.3, 0.4) is 0 Å². The zero-order valence-corrected chi connectivity index (χ0v) is 16.2. The lowest BCUT2D eigenvalue weighted by Crippen LogP contribution is -2.41. The van der Waals surface area contributed by atoms with Crippen molar-refractivity contribution >= 4 is 29.2 Å². The monoisotopic (exact) mass is 400 g/mol. The highest BCUT2D eigenvalue weighted by Crippen LogP contribution is 2.40. The summed E-state index contributed by atoms with van der Waals surface area (Å²) in [5.41, 5.74) is 3.35. The molecule has 1 aliphatic carbocycles. The summed E-state index contributed by atoms with van der Waals surface area (Å²) >= 11 is 1.34. The first kappa shape index (κ1) is 19.6. The van der Waals surface area contributed by atoms with E-state index in [1.807, 2.05) is 24.3 Å². The molecule has 0 atom stereocenters. The second-order valence-electron chi connectivity index (χ2n) is 6.11. The fraction of sp³-hybridized carbons (Fsp3) is 0.250. The first-order valence-electron chi connectivity index (χ1n) is 8.67. The van der Waals surface area contributed by atoms with Gasteiger partial charge in [-0.3, -0.25) is 10.1 Å². The molecule has 8 heteroatoms. The Labute approximate surface area is 166 Å². The van der Waals surface area contributed by atoms with Crippen molar-refractivity contribution in [3.05, 3.63) is 52.9 Å². The summed E-state index contributed by atoms with van der Waals surface area (Å²) in [4.78, 5) is 36.8. The van der Waals surface area contributed by atoms with E-state index < -0.39 is 24.5 Å². The molecule has 0 radical (unpaired) electrons. The first-order chi connectivity index (χ1) is 13.5. The van der Waals surface area contributed by atoms with Gasteiger partial charge in [-0.25, -0.2) is 9.59 Å². The van der Waals surface area contributed by atoms with E-state index >= 15 is 0 Å². The predicted octanol–water partition coefficient (Wildman–Crippen LogP) is 2.69. The van der Waals surface area contributed by atoms with Crippen molar-refractivity contribution < 1.29 is 23.9 Å². The number of hydrogen-bond acceptors (Lipinski definition) is 6. The molecule has 0 fully saturated rings. The van der Waals surface area contributed by atoms with Gasteiger partial charge in [-0.15, -0.1) is 17.9 Å². The largest absolute Gasteiger partial charge is 0.497 e. The van der Waals surface area contributed by atoms with Crippen molar-refractivity contribution in [2.45, 2.75) is 12.8 Å². The van der Waals surface area contributed by atoms with Crippen molar-refractivity contribution in [2.75, 3.05) is 20.3 Å². The van der Waals surface area contributed by atoms with E-state index in [2.05, 4.69) is 17.2 Å². The fourth-order valence-electron chi connectivity index (χ4n) is 2.91. The Morgan fingerprint density at radius 2 is 2.00 bits per heavy atom. The van der Waals surface area contributed by atoms with Crippen LogP contribution in [-0.2, 0) is 22.4 Å². The number of urea groups is 1. The number of methoxy groups -OCH3 is 1. The summed E-state index contributed by atoms with van der Waals surface area (Å²) in [6.45, 7) is 3.15. The van der Waals surface area contributed by atoms with E-state index in [1.165, 1.54) is 23.0 Å². The molecule has 0 saturated heterocycles. The summed E-state index contributed by atoms with van der Waals surface area (Å²) in [7, 11) is 1.63. The topological polar surface area (TPSA) is 93.7 Å². The minimum Gasteiger partial charge on any atom is -0.497 e. The Balaban J connectivity index is 1.63. The Kier molecular flexibility index (Phi) is 6.10. The quantitative estimate of drug-likeness (QED) is 0.574. The summed E-state index contributed by atoms with van der Waals surface area (Å²) < 4.78 is 10.3. The molecule has 2 aromatic rings. The van der Waals surface area contributed by atoms with Gasteiger partial charge in [-0.2, -0.15) is 0 Å². The Bertz CT molecular complexity index is 935. The summed E-state index contributed by atoms with van der Waals surface area (Å²) in [5.74, 6) is -0.480. The summed E-state index contributed by atoms with van der Waals surface area (Å²) in [6.07, 6.45) is 3.17. The molecule has 146 valence electrons. The number of benzene rings is 1. The fourth-order valence-corrected chi connectivity index (χ4v) is 4.08. The van der Waals surface area contributed by atoms with Crippen LogP contribution in [0.15, 0.2) is 36.9 Å². The van der Waals surface area contributed by atoms with Crippen LogP contribution < -0.4 is 15.4 Å². The number of esters is 1. The number of nitrogens with one attached hydrogen (secondary N) is 2. The molecule has 1 heterocycles. The van der Waals surface area contributed by atoms with Gasteiger partial charge in [0.05, 0.1) is 7.11 Å². The zero-order chi connectivity index (χ0) is 20.1. The molecule has 1 aliphatic rings. The summed E-state index contributed by atoms with van der Waals surface area (Å²) in [6, 6.07) is 7.04. The van der Waals surface area contributed by atoms with E-state index in [9.17, 15) is 14.4 Å². The second-order valence-corrected chi connectivity index (χ2v) is 7.16.